The summed E-state index contributed by atoms with van der Waals surface area (Å²) in [6.07, 6.45) is 3.28. The minimum Gasteiger partial charge on any atom is -1.00 e. The third-order valence-corrected chi connectivity index (χ3v) is 3.68. The highest BCUT2D eigenvalue weighted by Crippen LogP contribution is 2.22. The van der Waals surface area contributed by atoms with E-state index in [1.54, 1.807) is 48.1 Å². The molecule has 1 aromatic heterocycles. The Kier molecular flexibility index (Phi) is 7.68. The van der Waals surface area contributed by atoms with Crippen molar-refractivity contribution in [3.63, 3.8) is 0 Å². The third-order valence-electron chi connectivity index (χ3n) is 2.94. The lowest BCUT2D eigenvalue weighted by Crippen LogP contribution is -3.00. The number of benzene rings is 1. The Bertz CT molecular complexity index is 722. The number of carbonyl (C=O) groups excluding carboxylic acids is 2. The van der Waals surface area contributed by atoms with Crippen LogP contribution in [-0.2, 0) is 11.3 Å². The first-order chi connectivity index (χ1) is 10.5. The summed E-state index contributed by atoms with van der Waals surface area (Å²) in [6, 6.07) is 8.05. The molecule has 0 aliphatic rings. The van der Waals surface area contributed by atoms with E-state index >= 15 is 0 Å². The fraction of sp³-hybridized carbons (Fsp3) is 0.188. The molecule has 0 unspecified atom stereocenters. The molecule has 122 valence electrons. The zero-order valence-corrected chi connectivity index (χ0v) is 15.4. The van der Waals surface area contributed by atoms with Gasteiger partial charge in [0.25, 0.3) is 0 Å². The molecule has 0 N–H and O–H groups in total. The molecule has 0 saturated heterocycles. The largest absolute Gasteiger partial charge is 1.00 e. The normalized spacial score (nSPS) is 9.87. The summed E-state index contributed by atoms with van der Waals surface area (Å²) < 4.78 is 6.55. The Balaban J connectivity index is 0.00000264. The zero-order valence-electron chi connectivity index (χ0n) is 12.3. The van der Waals surface area contributed by atoms with Gasteiger partial charge < -0.3 is 21.7 Å². The van der Waals surface area contributed by atoms with Crippen LogP contribution >= 0.6 is 23.2 Å². The molecule has 4 nitrogen and oxygen atoms in total. The molecule has 0 fully saturated rings. The molecule has 7 heteroatoms. The molecule has 1 aromatic carbocycles. The molecule has 23 heavy (non-hydrogen) atoms. The summed E-state index contributed by atoms with van der Waals surface area (Å²) in [4.78, 5) is 23.9. The smallest absolute Gasteiger partial charge is 0.344 e. The third kappa shape index (κ3) is 5.30. The number of Topliss-reactive ketones (excluding diaryl/α,β-unsaturated/α-hetero) is 1. The standard InChI is InChI=1S/C16H14Cl2NO3.BrH/c1-2-22-16(21)12-4-3-7-19(9-12)10-15(20)11-5-6-13(17)14(18)8-11;/h3-9H,2,10H2,1H3;1H/q+1;/p-1. The van der Waals surface area contributed by atoms with Gasteiger partial charge in [0.05, 0.1) is 16.7 Å². The Morgan fingerprint density at radius 1 is 1.13 bits per heavy atom. The van der Waals surface area contributed by atoms with Crippen molar-refractivity contribution in [2.75, 3.05) is 6.61 Å². The van der Waals surface area contributed by atoms with Crippen molar-refractivity contribution in [1.29, 1.82) is 0 Å². The second-order valence-corrected chi connectivity index (χ2v) is 5.35. The van der Waals surface area contributed by atoms with Crippen molar-refractivity contribution in [3.05, 3.63) is 63.9 Å². The molecular formula is C16H14BrCl2NO3. The summed E-state index contributed by atoms with van der Waals surface area (Å²) in [5.74, 6) is -0.552. The number of carbonyl (C=O) groups is 2. The number of pyridine rings is 1. The minimum absolute atomic E-state index is 0. The molecular weight excluding hydrogens is 405 g/mol. The van der Waals surface area contributed by atoms with Gasteiger partial charge in [-0.3, -0.25) is 4.79 Å². The van der Waals surface area contributed by atoms with E-state index in [2.05, 4.69) is 0 Å². The SMILES string of the molecule is CCOC(=O)c1ccc[n+](CC(=O)c2ccc(Cl)c(Cl)c2)c1.[Br-]. The second-order valence-electron chi connectivity index (χ2n) is 4.54. The maximum absolute atomic E-state index is 12.2. The molecule has 0 amide bonds. The van der Waals surface area contributed by atoms with Crippen LogP contribution in [0.25, 0.3) is 0 Å². The number of ether oxygens (including phenoxy) is 1. The van der Waals surface area contributed by atoms with Gasteiger partial charge in [0.1, 0.15) is 5.56 Å². The van der Waals surface area contributed by atoms with Crippen molar-refractivity contribution >= 4 is 35.0 Å². The lowest BCUT2D eigenvalue weighted by atomic mass is 10.1. The Morgan fingerprint density at radius 3 is 2.52 bits per heavy atom. The van der Waals surface area contributed by atoms with E-state index in [1.807, 2.05) is 0 Å². The summed E-state index contributed by atoms with van der Waals surface area (Å²) in [6.45, 7) is 2.13. The van der Waals surface area contributed by atoms with Gasteiger partial charge in [-0.1, -0.05) is 23.2 Å². The number of aromatic nitrogens is 1. The van der Waals surface area contributed by atoms with E-state index in [0.717, 1.165) is 0 Å². The van der Waals surface area contributed by atoms with E-state index in [-0.39, 0.29) is 29.3 Å². The minimum atomic E-state index is -0.418. The molecule has 2 aromatic rings. The molecule has 0 radical (unpaired) electrons. The van der Waals surface area contributed by atoms with Gasteiger partial charge in [-0.2, -0.15) is 4.57 Å². The van der Waals surface area contributed by atoms with Crippen LogP contribution in [0.15, 0.2) is 42.7 Å². The molecule has 2 rings (SSSR count). The second kappa shape index (κ2) is 9.01. The van der Waals surface area contributed by atoms with Crippen LogP contribution < -0.4 is 21.5 Å². The van der Waals surface area contributed by atoms with Crippen LogP contribution in [0.2, 0.25) is 10.0 Å². The zero-order chi connectivity index (χ0) is 16.1. The van der Waals surface area contributed by atoms with E-state index in [9.17, 15) is 9.59 Å². The number of hydrogen-bond acceptors (Lipinski definition) is 3. The Morgan fingerprint density at radius 2 is 1.87 bits per heavy atom. The Hall–Kier alpha value is -1.43. The summed E-state index contributed by atoms with van der Waals surface area (Å²) >= 11 is 11.7. The number of halogens is 3. The molecule has 0 atom stereocenters. The maximum atomic E-state index is 12.2. The highest BCUT2D eigenvalue weighted by molar-refractivity contribution is 6.42. The van der Waals surface area contributed by atoms with Crippen molar-refractivity contribution in [2.45, 2.75) is 13.5 Å². The maximum Gasteiger partial charge on any atom is 0.344 e. The molecule has 0 saturated carbocycles. The molecule has 0 aliphatic heterocycles. The van der Waals surface area contributed by atoms with Crippen molar-refractivity contribution in [1.82, 2.24) is 0 Å². The number of ketones is 1. The Labute approximate surface area is 154 Å². The van der Waals surface area contributed by atoms with Crippen molar-refractivity contribution in [2.24, 2.45) is 0 Å². The highest BCUT2D eigenvalue weighted by atomic mass is 79.9. The van der Waals surface area contributed by atoms with Gasteiger partial charge >= 0.3 is 5.97 Å². The molecule has 1 heterocycles. The average Bonchev–Trinajstić information content (AvgIpc) is 2.50. The number of esters is 1. The average molecular weight is 419 g/mol. The van der Waals surface area contributed by atoms with E-state index in [4.69, 9.17) is 27.9 Å². The number of rotatable bonds is 5. The van der Waals surface area contributed by atoms with Crippen LogP contribution in [0.5, 0.6) is 0 Å². The van der Waals surface area contributed by atoms with E-state index < -0.39 is 5.97 Å². The van der Waals surface area contributed by atoms with Gasteiger partial charge in [-0.15, -0.1) is 0 Å². The lowest BCUT2D eigenvalue weighted by Gasteiger charge is -2.02. The van der Waals surface area contributed by atoms with Gasteiger partial charge in [-0.05, 0) is 31.2 Å². The van der Waals surface area contributed by atoms with Crippen molar-refractivity contribution in [3.8, 4) is 0 Å². The van der Waals surface area contributed by atoms with Gasteiger partial charge in [0.15, 0.2) is 12.4 Å². The number of hydrogen-bond donors (Lipinski definition) is 0. The van der Waals surface area contributed by atoms with Crippen LogP contribution in [0.1, 0.15) is 27.6 Å². The fourth-order valence-corrected chi connectivity index (χ4v) is 2.18. The van der Waals surface area contributed by atoms with E-state index in [1.165, 1.54) is 6.07 Å². The van der Waals surface area contributed by atoms with E-state index in [0.29, 0.717) is 27.8 Å². The van der Waals surface area contributed by atoms with Gasteiger partial charge in [0.2, 0.25) is 12.3 Å². The first kappa shape index (κ1) is 19.6. The predicted octanol–water partition coefficient (Wildman–Crippen LogP) is 0.345. The first-order valence-electron chi connectivity index (χ1n) is 6.65. The number of nitrogens with zero attached hydrogens (tertiary/aromatic N) is 1. The van der Waals surface area contributed by atoms with Crippen LogP contribution in [0.3, 0.4) is 0 Å². The van der Waals surface area contributed by atoms with Gasteiger partial charge in [0, 0.05) is 11.6 Å². The fourth-order valence-electron chi connectivity index (χ4n) is 1.88. The molecule has 0 spiro atoms. The monoisotopic (exact) mass is 417 g/mol. The first-order valence-corrected chi connectivity index (χ1v) is 7.41. The predicted molar refractivity (Wildman–Crippen MR) is 83.4 cm³/mol. The van der Waals surface area contributed by atoms with Crippen molar-refractivity contribution < 1.29 is 35.9 Å². The quantitative estimate of drug-likeness (QED) is 0.399. The summed E-state index contributed by atoms with van der Waals surface area (Å²) in [5.41, 5.74) is 0.856. The molecule has 0 bridgehead atoms. The summed E-state index contributed by atoms with van der Waals surface area (Å²) in [5, 5.41) is 0.730. The molecule has 0 aliphatic carbocycles. The highest BCUT2D eigenvalue weighted by Gasteiger charge is 2.16. The topological polar surface area (TPSA) is 47.2 Å². The van der Waals surface area contributed by atoms with Crippen LogP contribution in [-0.4, -0.2) is 18.4 Å². The van der Waals surface area contributed by atoms with Crippen LogP contribution in [0.4, 0.5) is 0 Å². The van der Waals surface area contributed by atoms with Gasteiger partial charge in [-0.25, -0.2) is 4.79 Å². The lowest BCUT2D eigenvalue weighted by molar-refractivity contribution is -0.683. The summed E-state index contributed by atoms with van der Waals surface area (Å²) in [7, 11) is 0. The van der Waals surface area contributed by atoms with Crippen LogP contribution in [0, 0.1) is 0 Å².